The minimum atomic E-state index is 0. The summed E-state index contributed by atoms with van der Waals surface area (Å²) in [7, 11) is 1.95. The molecule has 6 heteroatoms. The molecule has 0 radical (unpaired) electrons. The second-order valence-electron chi connectivity index (χ2n) is 4.32. The van der Waals surface area contributed by atoms with E-state index < -0.39 is 0 Å². The number of hydrogen-bond donors (Lipinski definition) is 2. The highest BCUT2D eigenvalue weighted by Gasteiger charge is 2.10. The molecule has 0 aliphatic rings. The van der Waals surface area contributed by atoms with Crippen molar-refractivity contribution in [2.45, 2.75) is 6.42 Å². The van der Waals surface area contributed by atoms with Gasteiger partial charge in [0.2, 0.25) is 0 Å². The smallest absolute Gasteiger partial charge is 0.139 e. The normalized spacial score (nSPS) is 9.65. The van der Waals surface area contributed by atoms with Crippen LogP contribution in [-0.2, 0) is 6.42 Å². The van der Waals surface area contributed by atoms with Gasteiger partial charge in [0.25, 0.3) is 0 Å². The maximum absolute atomic E-state index is 7.57. The van der Waals surface area contributed by atoms with Crippen LogP contribution in [0.5, 0.6) is 0 Å². The summed E-state index contributed by atoms with van der Waals surface area (Å²) in [5, 5.41) is 7.57. The molecule has 106 valence electrons. The SMILES string of the molecule is CN(CCc1ccncc1)c1ncccc1C(=N)N.Cl. The van der Waals surface area contributed by atoms with Gasteiger partial charge in [-0.25, -0.2) is 4.98 Å². The van der Waals surface area contributed by atoms with Crippen LogP contribution >= 0.6 is 12.4 Å². The molecular weight excluding hydrogens is 274 g/mol. The maximum Gasteiger partial charge on any atom is 0.139 e. The maximum atomic E-state index is 7.57. The van der Waals surface area contributed by atoms with Gasteiger partial charge in [-0.15, -0.1) is 12.4 Å². The largest absolute Gasteiger partial charge is 0.384 e. The average molecular weight is 292 g/mol. The van der Waals surface area contributed by atoms with E-state index in [1.54, 1.807) is 24.7 Å². The number of likely N-dealkylation sites (N-methyl/N-ethyl adjacent to an activating group) is 1. The van der Waals surface area contributed by atoms with Crippen molar-refractivity contribution in [2.75, 3.05) is 18.5 Å². The summed E-state index contributed by atoms with van der Waals surface area (Å²) < 4.78 is 0. The summed E-state index contributed by atoms with van der Waals surface area (Å²) >= 11 is 0. The predicted molar refractivity (Wildman–Crippen MR) is 83.7 cm³/mol. The molecule has 0 atom stereocenters. The van der Waals surface area contributed by atoms with E-state index in [1.165, 1.54) is 5.56 Å². The number of halogens is 1. The molecule has 2 aromatic heterocycles. The van der Waals surface area contributed by atoms with Gasteiger partial charge >= 0.3 is 0 Å². The number of aromatic nitrogens is 2. The van der Waals surface area contributed by atoms with E-state index >= 15 is 0 Å². The number of anilines is 1. The van der Waals surface area contributed by atoms with Crippen LogP contribution < -0.4 is 10.6 Å². The molecule has 0 fully saturated rings. The topological polar surface area (TPSA) is 78.9 Å². The minimum Gasteiger partial charge on any atom is -0.384 e. The highest BCUT2D eigenvalue weighted by atomic mass is 35.5. The Balaban J connectivity index is 0.00000200. The molecule has 0 spiro atoms. The fourth-order valence-corrected chi connectivity index (χ4v) is 1.86. The quantitative estimate of drug-likeness (QED) is 0.651. The lowest BCUT2D eigenvalue weighted by atomic mass is 10.2. The van der Waals surface area contributed by atoms with Crippen molar-refractivity contribution in [3.63, 3.8) is 0 Å². The summed E-state index contributed by atoms with van der Waals surface area (Å²) in [5.41, 5.74) is 7.46. The number of hydrogen-bond acceptors (Lipinski definition) is 4. The standard InChI is InChI=1S/C14H17N5.ClH/c1-19(10-6-11-4-8-17-9-5-11)14-12(13(15)16)3-2-7-18-14;/h2-5,7-9H,6,10H2,1H3,(H3,15,16);1H. The predicted octanol–water partition coefficient (Wildman–Crippen LogP) is 1.86. The summed E-state index contributed by atoms with van der Waals surface area (Å²) in [6.07, 6.45) is 6.19. The molecule has 0 amide bonds. The Hall–Kier alpha value is -2.14. The van der Waals surface area contributed by atoms with Crippen LogP contribution in [0.3, 0.4) is 0 Å². The van der Waals surface area contributed by atoms with Crippen LogP contribution in [-0.4, -0.2) is 29.4 Å². The first-order valence-corrected chi connectivity index (χ1v) is 6.08. The van der Waals surface area contributed by atoms with Gasteiger partial charge in [0.15, 0.2) is 0 Å². The van der Waals surface area contributed by atoms with Gasteiger partial charge in [0.05, 0.1) is 5.56 Å². The van der Waals surface area contributed by atoms with Gasteiger partial charge in [0, 0.05) is 32.2 Å². The first-order valence-electron chi connectivity index (χ1n) is 6.08. The number of nitrogen functional groups attached to an aromatic ring is 1. The number of nitrogens with zero attached hydrogens (tertiary/aromatic N) is 3. The third kappa shape index (κ3) is 3.93. The number of nitrogens with one attached hydrogen (secondary N) is 1. The van der Waals surface area contributed by atoms with Crippen LogP contribution in [0.1, 0.15) is 11.1 Å². The number of rotatable bonds is 5. The van der Waals surface area contributed by atoms with E-state index in [0.29, 0.717) is 5.56 Å². The van der Waals surface area contributed by atoms with Crippen molar-refractivity contribution < 1.29 is 0 Å². The summed E-state index contributed by atoms with van der Waals surface area (Å²) in [5.74, 6) is 0.780. The molecule has 2 rings (SSSR count). The Morgan fingerprint density at radius 3 is 2.60 bits per heavy atom. The first-order chi connectivity index (χ1) is 9.18. The highest BCUT2D eigenvalue weighted by Crippen LogP contribution is 2.15. The molecule has 0 bridgehead atoms. The Morgan fingerprint density at radius 2 is 1.95 bits per heavy atom. The first kappa shape index (κ1) is 15.9. The van der Waals surface area contributed by atoms with E-state index in [1.807, 2.05) is 30.1 Å². The summed E-state index contributed by atoms with van der Waals surface area (Å²) in [6.45, 7) is 0.807. The van der Waals surface area contributed by atoms with Gasteiger partial charge < -0.3 is 10.6 Å². The van der Waals surface area contributed by atoms with Crippen LogP contribution in [0.15, 0.2) is 42.9 Å². The zero-order valence-electron chi connectivity index (χ0n) is 11.3. The van der Waals surface area contributed by atoms with E-state index in [2.05, 4.69) is 9.97 Å². The van der Waals surface area contributed by atoms with Crippen molar-refractivity contribution in [3.05, 3.63) is 54.0 Å². The Kier molecular flexibility index (Phi) is 5.93. The van der Waals surface area contributed by atoms with Crippen molar-refractivity contribution in [1.29, 1.82) is 5.41 Å². The van der Waals surface area contributed by atoms with Gasteiger partial charge in [0.1, 0.15) is 11.7 Å². The van der Waals surface area contributed by atoms with Crippen molar-refractivity contribution in [3.8, 4) is 0 Å². The van der Waals surface area contributed by atoms with Crippen molar-refractivity contribution in [1.82, 2.24) is 9.97 Å². The van der Waals surface area contributed by atoms with Gasteiger partial charge in [-0.05, 0) is 36.2 Å². The summed E-state index contributed by atoms with van der Waals surface area (Å²) in [4.78, 5) is 10.3. The van der Waals surface area contributed by atoms with E-state index in [-0.39, 0.29) is 18.2 Å². The van der Waals surface area contributed by atoms with E-state index in [0.717, 1.165) is 18.8 Å². The average Bonchev–Trinajstić information content (AvgIpc) is 2.46. The lowest BCUT2D eigenvalue weighted by molar-refractivity contribution is 0.857. The molecule has 0 aliphatic heterocycles. The van der Waals surface area contributed by atoms with Crippen LogP contribution in [0, 0.1) is 5.41 Å². The second kappa shape index (κ2) is 7.45. The minimum absolute atomic E-state index is 0. The van der Waals surface area contributed by atoms with Crippen molar-refractivity contribution in [2.24, 2.45) is 5.73 Å². The lowest BCUT2D eigenvalue weighted by Gasteiger charge is -2.20. The Labute approximate surface area is 124 Å². The number of pyridine rings is 2. The third-order valence-electron chi connectivity index (χ3n) is 2.92. The molecule has 2 heterocycles. The number of amidine groups is 1. The molecule has 3 N–H and O–H groups in total. The fourth-order valence-electron chi connectivity index (χ4n) is 1.86. The molecule has 2 aromatic rings. The molecule has 0 unspecified atom stereocenters. The third-order valence-corrected chi connectivity index (χ3v) is 2.92. The molecule has 0 aromatic carbocycles. The van der Waals surface area contributed by atoms with Gasteiger partial charge in [-0.3, -0.25) is 10.4 Å². The molecule has 0 aliphatic carbocycles. The molecule has 20 heavy (non-hydrogen) atoms. The van der Waals surface area contributed by atoms with E-state index in [9.17, 15) is 0 Å². The molecule has 0 saturated carbocycles. The molecule has 0 saturated heterocycles. The number of nitrogens with two attached hydrogens (primary N) is 1. The Morgan fingerprint density at radius 1 is 1.25 bits per heavy atom. The van der Waals surface area contributed by atoms with Gasteiger partial charge in [-0.1, -0.05) is 0 Å². The van der Waals surface area contributed by atoms with Crippen molar-refractivity contribution >= 4 is 24.1 Å². The molecule has 5 nitrogen and oxygen atoms in total. The van der Waals surface area contributed by atoms with Gasteiger partial charge in [-0.2, -0.15) is 0 Å². The lowest BCUT2D eigenvalue weighted by Crippen LogP contribution is -2.25. The Bertz CT molecular complexity index is 559. The zero-order valence-corrected chi connectivity index (χ0v) is 12.1. The van der Waals surface area contributed by atoms with E-state index in [4.69, 9.17) is 11.1 Å². The fraction of sp³-hybridized carbons (Fsp3) is 0.214. The zero-order chi connectivity index (χ0) is 13.7. The van der Waals surface area contributed by atoms with Crippen LogP contribution in [0.4, 0.5) is 5.82 Å². The highest BCUT2D eigenvalue weighted by molar-refractivity contribution is 5.99. The summed E-state index contributed by atoms with van der Waals surface area (Å²) in [6, 6.07) is 7.60. The second-order valence-corrected chi connectivity index (χ2v) is 4.32. The van der Waals surface area contributed by atoms with Crippen LogP contribution in [0.2, 0.25) is 0 Å². The van der Waals surface area contributed by atoms with Crippen LogP contribution in [0.25, 0.3) is 0 Å². The monoisotopic (exact) mass is 291 g/mol. The molecular formula is C14H18ClN5.